The SMILES string of the molecule is CN(C(=O)c1ccc(NC(=O)C2COCCO2)cc1Cl)C1CCCCC1. The molecule has 1 heterocycles. The lowest BCUT2D eigenvalue weighted by molar-refractivity contribution is -0.142. The van der Waals surface area contributed by atoms with Crippen LogP contribution in [0.5, 0.6) is 0 Å². The zero-order chi connectivity index (χ0) is 18.5. The number of carbonyl (C=O) groups is 2. The number of hydrogen-bond acceptors (Lipinski definition) is 4. The summed E-state index contributed by atoms with van der Waals surface area (Å²) in [6.07, 6.45) is 5.02. The molecule has 7 heteroatoms. The highest BCUT2D eigenvalue weighted by atomic mass is 35.5. The van der Waals surface area contributed by atoms with E-state index >= 15 is 0 Å². The van der Waals surface area contributed by atoms with E-state index in [1.165, 1.54) is 6.42 Å². The van der Waals surface area contributed by atoms with Gasteiger partial charge in [0.1, 0.15) is 0 Å². The lowest BCUT2D eigenvalue weighted by Crippen LogP contribution is -2.39. The number of nitrogens with zero attached hydrogens (tertiary/aromatic N) is 1. The number of amides is 2. The van der Waals surface area contributed by atoms with Crippen LogP contribution < -0.4 is 5.32 Å². The Balaban J connectivity index is 1.64. The summed E-state index contributed by atoms with van der Waals surface area (Å²) in [5.41, 5.74) is 0.987. The van der Waals surface area contributed by atoms with Gasteiger partial charge < -0.3 is 19.7 Å². The molecule has 1 aromatic carbocycles. The number of rotatable bonds is 4. The van der Waals surface area contributed by atoms with Crippen LogP contribution >= 0.6 is 11.6 Å². The molecule has 0 radical (unpaired) electrons. The first-order valence-electron chi connectivity index (χ1n) is 9.13. The summed E-state index contributed by atoms with van der Waals surface area (Å²) < 4.78 is 10.6. The molecule has 1 unspecified atom stereocenters. The molecule has 1 N–H and O–H groups in total. The molecule has 2 fully saturated rings. The number of ether oxygens (including phenoxy) is 2. The standard InChI is InChI=1S/C19H25ClN2O4/c1-22(14-5-3-2-4-6-14)19(24)15-8-7-13(11-16(15)20)21-18(23)17-12-25-9-10-26-17/h7-8,11,14,17H,2-6,9-10,12H2,1H3,(H,21,23). The molecule has 0 bridgehead atoms. The summed E-state index contributed by atoms with van der Waals surface area (Å²) in [5, 5.41) is 3.09. The van der Waals surface area contributed by atoms with Gasteiger partial charge in [0, 0.05) is 18.8 Å². The third-order valence-corrected chi connectivity index (χ3v) is 5.33. The minimum absolute atomic E-state index is 0.0798. The van der Waals surface area contributed by atoms with Crippen LogP contribution in [0.1, 0.15) is 42.5 Å². The Labute approximate surface area is 158 Å². The highest BCUT2D eigenvalue weighted by Crippen LogP contribution is 2.26. The average molecular weight is 381 g/mol. The van der Waals surface area contributed by atoms with Crippen LogP contribution in [-0.2, 0) is 14.3 Å². The van der Waals surface area contributed by atoms with Crippen molar-refractivity contribution in [2.75, 3.05) is 32.2 Å². The van der Waals surface area contributed by atoms with E-state index < -0.39 is 6.10 Å². The minimum Gasteiger partial charge on any atom is -0.376 e. The number of benzene rings is 1. The molecule has 1 aromatic rings. The molecule has 142 valence electrons. The Kier molecular flexibility index (Phi) is 6.51. The smallest absolute Gasteiger partial charge is 0.255 e. The van der Waals surface area contributed by atoms with Crippen molar-refractivity contribution in [1.82, 2.24) is 4.90 Å². The molecule has 3 rings (SSSR count). The van der Waals surface area contributed by atoms with Crippen LogP contribution in [0.25, 0.3) is 0 Å². The maximum atomic E-state index is 12.8. The molecule has 6 nitrogen and oxygen atoms in total. The molecule has 1 atom stereocenters. The Morgan fingerprint density at radius 2 is 1.96 bits per heavy atom. The van der Waals surface area contributed by atoms with Gasteiger partial charge in [0.25, 0.3) is 11.8 Å². The van der Waals surface area contributed by atoms with Crippen molar-refractivity contribution in [2.24, 2.45) is 0 Å². The highest BCUT2D eigenvalue weighted by Gasteiger charge is 2.25. The van der Waals surface area contributed by atoms with Gasteiger partial charge in [-0.1, -0.05) is 30.9 Å². The van der Waals surface area contributed by atoms with Crippen molar-refractivity contribution in [3.8, 4) is 0 Å². The van der Waals surface area contributed by atoms with E-state index in [9.17, 15) is 9.59 Å². The number of nitrogens with one attached hydrogen (secondary N) is 1. The fourth-order valence-corrected chi connectivity index (χ4v) is 3.71. The first-order valence-corrected chi connectivity index (χ1v) is 9.51. The fraction of sp³-hybridized carbons (Fsp3) is 0.579. The maximum Gasteiger partial charge on any atom is 0.255 e. The van der Waals surface area contributed by atoms with Crippen molar-refractivity contribution < 1.29 is 19.1 Å². The first kappa shape index (κ1) is 19.1. The highest BCUT2D eigenvalue weighted by molar-refractivity contribution is 6.34. The van der Waals surface area contributed by atoms with E-state index in [2.05, 4.69) is 5.32 Å². The first-order chi connectivity index (χ1) is 12.6. The predicted molar refractivity (Wildman–Crippen MR) is 99.6 cm³/mol. The van der Waals surface area contributed by atoms with Gasteiger partial charge in [-0.05, 0) is 31.0 Å². The van der Waals surface area contributed by atoms with Gasteiger partial charge in [-0.3, -0.25) is 9.59 Å². The zero-order valence-electron chi connectivity index (χ0n) is 15.0. The second-order valence-corrected chi connectivity index (χ2v) is 7.23. The molecule has 26 heavy (non-hydrogen) atoms. The molecule has 1 aliphatic carbocycles. The predicted octanol–water partition coefficient (Wildman–Crippen LogP) is 3.10. The summed E-state index contributed by atoms with van der Waals surface area (Å²) in [6.45, 7) is 1.14. The summed E-state index contributed by atoms with van der Waals surface area (Å²) in [6, 6.07) is 5.23. The third-order valence-electron chi connectivity index (χ3n) is 5.02. The second-order valence-electron chi connectivity index (χ2n) is 6.83. The normalized spacial score (nSPS) is 21.2. The van der Waals surface area contributed by atoms with Crippen molar-refractivity contribution in [3.05, 3.63) is 28.8 Å². The lowest BCUT2D eigenvalue weighted by atomic mass is 9.94. The molecule has 0 aromatic heterocycles. The summed E-state index contributed by atoms with van der Waals surface area (Å²) in [5.74, 6) is -0.358. The number of anilines is 1. The van der Waals surface area contributed by atoms with E-state index in [1.54, 1.807) is 23.1 Å². The van der Waals surface area contributed by atoms with Crippen LogP contribution in [0.3, 0.4) is 0 Å². The molecule has 0 spiro atoms. The monoisotopic (exact) mass is 380 g/mol. The van der Waals surface area contributed by atoms with Crippen LogP contribution in [0.2, 0.25) is 5.02 Å². The Morgan fingerprint density at radius 3 is 2.62 bits per heavy atom. The molecule has 2 aliphatic rings. The van der Waals surface area contributed by atoms with E-state index in [1.807, 2.05) is 7.05 Å². The van der Waals surface area contributed by atoms with E-state index in [-0.39, 0.29) is 24.5 Å². The van der Waals surface area contributed by atoms with Gasteiger partial charge in [0.05, 0.1) is 30.4 Å². The van der Waals surface area contributed by atoms with Gasteiger partial charge in [-0.25, -0.2) is 0 Å². The van der Waals surface area contributed by atoms with Gasteiger partial charge in [-0.2, -0.15) is 0 Å². The second kappa shape index (κ2) is 8.84. The Bertz CT molecular complexity index is 655. The topological polar surface area (TPSA) is 67.9 Å². The van der Waals surface area contributed by atoms with Crippen molar-refractivity contribution in [3.63, 3.8) is 0 Å². The van der Waals surface area contributed by atoms with Crippen LogP contribution in [0.15, 0.2) is 18.2 Å². The number of carbonyl (C=O) groups excluding carboxylic acids is 2. The van der Waals surface area contributed by atoms with Gasteiger partial charge in [-0.15, -0.1) is 0 Å². The van der Waals surface area contributed by atoms with Gasteiger partial charge >= 0.3 is 0 Å². The van der Waals surface area contributed by atoms with Crippen molar-refractivity contribution >= 4 is 29.1 Å². The minimum atomic E-state index is -0.624. The lowest BCUT2D eigenvalue weighted by Gasteiger charge is -2.31. The molecular weight excluding hydrogens is 356 g/mol. The van der Waals surface area contributed by atoms with Crippen LogP contribution in [-0.4, -0.2) is 55.7 Å². The summed E-state index contributed by atoms with van der Waals surface area (Å²) in [4.78, 5) is 26.7. The fourth-order valence-electron chi connectivity index (χ4n) is 3.45. The largest absolute Gasteiger partial charge is 0.376 e. The third kappa shape index (κ3) is 4.55. The average Bonchev–Trinajstić information content (AvgIpc) is 2.68. The number of hydrogen-bond donors (Lipinski definition) is 1. The zero-order valence-corrected chi connectivity index (χ0v) is 15.8. The quantitative estimate of drug-likeness (QED) is 0.871. The number of halogens is 1. The van der Waals surface area contributed by atoms with Crippen LogP contribution in [0.4, 0.5) is 5.69 Å². The van der Waals surface area contributed by atoms with Crippen LogP contribution in [0, 0.1) is 0 Å². The molecular formula is C19H25ClN2O4. The molecule has 1 saturated heterocycles. The van der Waals surface area contributed by atoms with E-state index in [0.717, 1.165) is 25.7 Å². The molecule has 1 saturated carbocycles. The van der Waals surface area contributed by atoms with Gasteiger partial charge in [0.15, 0.2) is 6.10 Å². The Morgan fingerprint density at radius 1 is 1.19 bits per heavy atom. The van der Waals surface area contributed by atoms with Crippen molar-refractivity contribution in [2.45, 2.75) is 44.2 Å². The Hall–Kier alpha value is -1.63. The van der Waals surface area contributed by atoms with Gasteiger partial charge in [0.2, 0.25) is 0 Å². The van der Waals surface area contributed by atoms with Crippen molar-refractivity contribution in [1.29, 1.82) is 0 Å². The maximum absolute atomic E-state index is 12.8. The molecule has 1 aliphatic heterocycles. The van der Waals surface area contributed by atoms with E-state index in [4.69, 9.17) is 21.1 Å². The summed E-state index contributed by atoms with van der Waals surface area (Å²) >= 11 is 6.32. The molecule has 2 amide bonds. The van der Waals surface area contributed by atoms with E-state index in [0.29, 0.717) is 29.5 Å². The summed E-state index contributed by atoms with van der Waals surface area (Å²) in [7, 11) is 1.84.